The molecule has 7 nitrogen and oxygen atoms in total. The summed E-state index contributed by atoms with van der Waals surface area (Å²) in [4.78, 5) is 11.6. The summed E-state index contributed by atoms with van der Waals surface area (Å²) in [6.45, 7) is 5.08. The Morgan fingerprint density at radius 2 is 1.77 bits per heavy atom. The van der Waals surface area contributed by atoms with Gasteiger partial charge in [0.2, 0.25) is 10.0 Å². The Balaban J connectivity index is 1.64. The number of ether oxygens (including phenoxy) is 1. The maximum absolute atomic E-state index is 14.4. The van der Waals surface area contributed by atoms with E-state index < -0.39 is 21.5 Å². The first-order chi connectivity index (χ1) is 14.8. The molecule has 1 aromatic heterocycles. The molecule has 0 saturated carbocycles. The lowest BCUT2D eigenvalue weighted by Crippen LogP contribution is -2.40. The zero-order chi connectivity index (χ0) is 22.2. The van der Waals surface area contributed by atoms with Gasteiger partial charge in [0.25, 0.3) is 0 Å². The minimum absolute atomic E-state index is 0.185. The van der Waals surface area contributed by atoms with Gasteiger partial charge in [-0.2, -0.15) is 4.31 Å². The third kappa shape index (κ3) is 4.34. The van der Waals surface area contributed by atoms with Crippen LogP contribution >= 0.6 is 0 Å². The van der Waals surface area contributed by atoms with Crippen molar-refractivity contribution in [3.8, 4) is 0 Å². The number of sulfonamides is 1. The fourth-order valence-corrected chi connectivity index (χ4v) is 5.06. The van der Waals surface area contributed by atoms with Crippen molar-refractivity contribution in [3.63, 3.8) is 0 Å². The molecule has 0 bridgehead atoms. The molecule has 1 fully saturated rings. The van der Waals surface area contributed by atoms with Crippen LogP contribution in [0, 0.1) is 19.7 Å². The normalized spacial score (nSPS) is 15.3. The van der Waals surface area contributed by atoms with E-state index in [1.165, 1.54) is 22.5 Å². The topological polar surface area (TPSA) is 88.8 Å². The average molecular weight is 447 g/mol. The minimum Gasteiger partial charge on any atom is -0.423 e. The van der Waals surface area contributed by atoms with Crippen LogP contribution in [0.4, 0.5) is 10.1 Å². The molecule has 0 radical (unpaired) electrons. The quantitative estimate of drug-likeness (QED) is 0.606. The number of aryl methyl sites for hydroxylation is 2. The van der Waals surface area contributed by atoms with E-state index in [9.17, 15) is 17.6 Å². The van der Waals surface area contributed by atoms with Crippen LogP contribution in [0.3, 0.4) is 0 Å². The number of hydrogen-bond acceptors (Lipinski definition) is 6. The van der Waals surface area contributed by atoms with E-state index in [1.807, 2.05) is 26.0 Å². The van der Waals surface area contributed by atoms with Crippen molar-refractivity contribution >= 4 is 26.7 Å². The zero-order valence-electron chi connectivity index (χ0n) is 17.3. The number of morpholine rings is 1. The number of anilines is 1. The van der Waals surface area contributed by atoms with Crippen molar-refractivity contribution in [2.24, 2.45) is 0 Å². The third-order valence-electron chi connectivity index (χ3n) is 5.45. The molecule has 3 aromatic rings. The Labute approximate surface area is 179 Å². The van der Waals surface area contributed by atoms with E-state index in [1.54, 1.807) is 0 Å². The maximum atomic E-state index is 14.4. The first kappa shape index (κ1) is 21.5. The molecule has 9 heteroatoms. The maximum Gasteiger partial charge on any atom is 0.336 e. The van der Waals surface area contributed by atoms with Gasteiger partial charge in [0.1, 0.15) is 16.3 Å². The molecule has 0 unspecified atom stereocenters. The Kier molecular flexibility index (Phi) is 5.83. The SMILES string of the molecule is Cc1cc2oc(=O)cc(CNc3ccc(F)c(S(=O)(=O)N4CCOCC4)c3)c2cc1C. The summed E-state index contributed by atoms with van der Waals surface area (Å²) in [6.07, 6.45) is 0. The molecule has 1 saturated heterocycles. The summed E-state index contributed by atoms with van der Waals surface area (Å²) in [7, 11) is -3.98. The Bertz CT molecular complexity index is 1300. The lowest BCUT2D eigenvalue weighted by Gasteiger charge is -2.26. The number of benzene rings is 2. The van der Waals surface area contributed by atoms with Crippen molar-refractivity contribution in [1.82, 2.24) is 4.31 Å². The average Bonchev–Trinajstić information content (AvgIpc) is 2.74. The molecular formula is C22H23FN2O5S. The van der Waals surface area contributed by atoms with Crippen molar-refractivity contribution < 1.29 is 22.0 Å². The van der Waals surface area contributed by atoms with Crippen LogP contribution in [0.1, 0.15) is 16.7 Å². The monoisotopic (exact) mass is 446 g/mol. The van der Waals surface area contributed by atoms with Crippen molar-refractivity contribution in [3.05, 3.63) is 69.3 Å². The van der Waals surface area contributed by atoms with E-state index in [-0.39, 0.29) is 37.7 Å². The van der Waals surface area contributed by atoms with Gasteiger partial charge < -0.3 is 14.5 Å². The summed E-state index contributed by atoms with van der Waals surface area (Å²) in [5.41, 5.74) is 3.22. The van der Waals surface area contributed by atoms with Crippen molar-refractivity contribution in [2.75, 3.05) is 31.6 Å². The third-order valence-corrected chi connectivity index (χ3v) is 7.36. The molecule has 0 atom stereocenters. The van der Waals surface area contributed by atoms with Gasteiger partial charge in [0, 0.05) is 36.8 Å². The Hall–Kier alpha value is -2.75. The smallest absolute Gasteiger partial charge is 0.336 e. The van der Waals surface area contributed by atoms with Gasteiger partial charge in [-0.15, -0.1) is 0 Å². The second-order valence-electron chi connectivity index (χ2n) is 7.54. The van der Waals surface area contributed by atoms with Crippen LogP contribution in [0.5, 0.6) is 0 Å². The number of fused-ring (bicyclic) bond motifs is 1. The summed E-state index contributed by atoms with van der Waals surface area (Å²) in [6, 6.07) is 9.05. The number of nitrogens with zero attached hydrogens (tertiary/aromatic N) is 1. The second-order valence-corrected chi connectivity index (χ2v) is 9.44. The van der Waals surface area contributed by atoms with Gasteiger partial charge in [-0.05, 0) is 60.9 Å². The largest absolute Gasteiger partial charge is 0.423 e. The van der Waals surface area contributed by atoms with Crippen LogP contribution in [0.2, 0.25) is 0 Å². The molecule has 164 valence electrons. The zero-order valence-corrected chi connectivity index (χ0v) is 18.1. The minimum atomic E-state index is -3.98. The van der Waals surface area contributed by atoms with Gasteiger partial charge >= 0.3 is 5.63 Å². The summed E-state index contributed by atoms with van der Waals surface area (Å²) >= 11 is 0. The fraction of sp³-hybridized carbons (Fsp3) is 0.318. The summed E-state index contributed by atoms with van der Waals surface area (Å²) in [5.74, 6) is -0.811. The number of rotatable bonds is 5. The van der Waals surface area contributed by atoms with Gasteiger partial charge in [-0.1, -0.05) is 0 Å². The summed E-state index contributed by atoms with van der Waals surface area (Å²) in [5, 5.41) is 3.89. The molecule has 1 aliphatic rings. The standard InChI is InChI=1S/C22H23FN2O5S/c1-14-9-18-16(11-22(26)30-20(18)10-15(14)2)13-24-17-3-4-19(23)21(12-17)31(27,28)25-5-7-29-8-6-25/h3-4,9-12,24H,5-8,13H2,1-2H3. The van der Waals surface area contributed by atoms with E-state index >= 15 is 0 Å². The van der Waals surface area contributed by atoms with Crippen molar-refractivity contribution in [2.45, 2.75) is 25.3 Å². The highest BCUT2D eigenvalue weighted by Crippen LogP contribution is 2.26. The van der Waals surface area contributed by atoms with Gasteiger partial charge in [0.05, 0.1) is 13.2 Å². The van der Waals surface area contributed by atoms with Crippen LogP contribution in [-0.4, -0.2) is 39.0 Å². The van der Waals surface area contributed by atoms with E-state index in [0.29, 0.717) is 16.8 Å². The lowest BCUT2D eigenvalue weighted by molar-refractivity contribution is 0.0729. The van der Waals surface area contributed by atoms with Crippen molar-refractivity contribution in [1.29, 1.82) is 0 Å². The number of hydrogen-bond donors (Lipinski definition) is 1. The highest BCUT2D eigenvalue weighted by Gasteiger charge is 2.29. The molecule has 4 rings (SSSR count). The molecular weight excluding hydrogens is 423 g/mol. The molecule has 1 N–H and O–H groups in total. The molecule has 0 aliphatic carbocycles. The Morgan fingerprint density at radius 1 is 1.06 bits per heavy atom. The molecule has 2 heterocycles. The van der Waals surface area contributed by atoms with Crippen LogP contribution in [0.15, 0.2) is 50.5 Å². The van der Waals surface area contributed by atoms with Gasteiger partial charge in [-0.3, -0.25) is 0 Å². The molecule has 2 aromatic carbocycles. The fourth-order valence-electron chi connectivity index (χ4n) is 3.56. The molecule has 31 heavy (non-hydrogen) atoms. The van der Waals surface area contributed by atoms with Crippen LogP contribution in [-0.2, 0) is 21.3 Å². The predicted octanol–water partition coefficient (Wildman–Crippen LogP) is 3.18. The van der Waals surface area contributed by atoms with E-state index in [0.717, 1.165) is 22.6 Å². The highest BCUT2D eigenvalue weighted by molar-refractivity contribution is 7.89. The van der Waals surface area contributed by atoms with Gasteiger partial charge in [0.15, 0.2) is 0 Å². The highest BCUT2D eigenvalue weighted by atomic mass is 32.2. The van der Waals surface area contributed by atoms with Crippen LogP contribution in [0.25, 0.3) is 11.0 Å². The number of nitrogens with one attached hydrogen (secondary N) is 1. The Morgan fingerprint density at radius 3 is 2.52 bits per heavy atom. The lowest BCUT2D eigenvalue weighted by atomic mass is 10.0. The second kappa shape index (κ2) is 8.41. The summed E-state index contributed by atoms with van der Waals surface area (Å²) < 4.78 is 51.9. The number of halogens is 1. The van der Waals surface area contributed by atoms with Crippen LogP contribution < -0.4 is 10.9 Å². The van der Waals surface area contributed by atoms with E-state index in [2.05, 4.69) is 5.32 Å². The van der Waals surface area contributed by atoms with E-state index in [4.69, 9.17) is 9.15 Å². The first-order valence-corrected chi connectivity index (χ1v) is 11.3. The van der Waals surface area contributed by atoms with Gasteiger partial charge in [-0.25, -0.2) is 17.6 Å². The first-order valence-electron chi connectivity index (χ1n) is 9.91. The molecule has 1 aliphatic heterocycles. The molecule has 0 amide bonds. The predicted molar refractivity (Wildman–Crippen MR) is 115 cm³/mol. The molecule has 0 spiro atoms.